The Labute approximate surface area is 234 Å². The van der Waals surface area contributed by atoms with Crippen LogP contribution in [-0.2, 0) is 32.8 Å². The summed E-state index contributed by atoms with van der Waals surface area (Å²) in [4.78, 5) is 18.9. The number of ether oxygens (including phenoxy) is 3. The number of nitrogens with one attached hydrogen (secondary N) is 1. The first kappa shape index (κ1) is 29.3. The average molecular weight is 571 g/mol. The van der Waals surface area contributed by atoms with Gasteiger partial charge in [-0.25, -0.2) is 13.9 Å². The molecule has 0 saturated carbocycles. The summed E-state index contributed by atoms with van der Waals surface area (Å²) in [6, 6.07) is 14.3. The van der Waals surface area contributed by atoms with Gasteiger partial charge >= 0.3 is 0 Å². The highest BCUT2D eigenvalue weighted by atomic mass is 32.2. The SMILES string of the molecule is COc1cc(C)c(S(=O)(=O)N(Cc2ccc3c(c2)OCO3)[C@@H](C(=O)NOCc2ccccc2)[C@H](C)O)c(C)c1C. The number of amides is 1. The number of carbonyl (C=O) groups excluding carboxylic acids is 1. The summed E-state index contributed by atoms with van der Waals surface area (Å²) in [5, 5.41) is 10.8. The van der Waals surface area contributed by atoms with Crippen molar-refractivity contribution >= 4 is 15.9 Å². The molecule has 214 valence electrons. The number of fused-ring (bicyclic) bond motifs is 1. The number of sulfonamides is 1. The van der Waals surface area contributed by atoms with E-state index in [1.807, 2.05) is 30.3 Å². The Hall–Kier alpha value is -3.64. The van der Waals surface area contributed by atoms with Crippen LogP contribution in [0.2, 0.25) is 0 Å². The van der Waals surface area contributed by atoms with E-state index in [2.05, 4.69) is 5.48 Å². The van der Waals surface area contributed by atoms with Crippen molar-refractivity contribution in [2.75, 3.05) is 13.9 Å². The average Bonchev–Trinajstić information content (AvgIpc) is 3.38. The van der Waals surface area contributed by atoms with Gasteiger partial charge in [-0.05, 0) is 73.7 Å². The number of hydroxylamine groups is 1. The van der Waals surface area contributed by atoms with Crippen LogP contribution >= 0.6 is 0 Å². The third-order valence-electron chi connectivity index (χ3n) is 6.83. The predicted octanol–water partition coefficient (Wildman–Crippen LogP) is 3.54. The summed E-state index contributed by atoms with van der Waals surface area (Å²) < 4.78 is 46.1. The van der Waals surface area contributed by atoms with Gasteiger partial charge in [-0.15, -0.1) is 0 Å². The lowest BCUT2D eigenvalue weighted by atomic mass is 10.1. The molecule has 0 aliphatic carbocycles. The van der Waals surface area contributed by atoms with Crippen LogP contribution in [0.25, 0.3) is 0 Å². The normalized spacial score (nSPS) is 14.2. The number of benzene rings is 3. The fourth-order valence-electron chi connectivity index (χ4n) is 4.72. The van der Waals surface area contributed by atoms with E-state index in [0.29, 0.717) is 39.5 Å². The van der Waals surface area contributed by atoms with E-state index in [9.17, 15) is 18.3 Å². The molecule has 1 aliphatic rings. The maximum Gasteiger partial charge on any atom is 0.264 e. The summed E-state index contributed by atoms with van der Waals surface area (Å²) in [6.45, 7) is 6.38. The lowest BCUT2D eigenvalue weighted by molar-refractivity contribution is -0.142. The molecule has 0 fully saturated rings. The molecule has 1 amide bonds. The van der Waals surface area contributed by atoms with Crippen LogP contribution < -0.4 is 19.7 Å². The topological polar surface area (TPSA) is 124 Å². The van der Waals surface area contributed by atoms with E-state index < -0.39 is 28.1 Å². The van der Waals surface area contributed by atoms with Crippen LogP contribution in [0.4, 0.5) is 0 Å². The minimum absolute atomic E-state index is 0.0372. The second-order valence-corrected chi connectivity index (χ2v) is 11.5. The Kier molecular flexibility index (Phi) is 8.99. The summed E-state index contributed by atoms with van der Waals surface area (Å²) in [5.41, 5.74) is 5.26. The van der Waals surface area contributed by atoms with Gasteiger partial charge in [-0.3, -0.25) is 9.63 Å². The van der Waals surface area contributed by atoms with Gasteiger partial charge in [0.1, 0.15) is 11.8 Å². The molecular formula is C29H34N2O8S. The summed E-state index contributed by atoms with van der Waals surface area (Å²) in [6.07, 6.45) is -1.39. The van der Waals surface area contributed by atoms with E-state index in [1.165, 1.54) is 14.0 Å². The molecule has 0 saturated heterocycles. The van der Waals surface area contributed by atoms with Gasteiger partial charge in [0.2, 0.25) is 16.8 Å². The Bertz CT molecular complexity index is 1480. The number of aliphatic hydroxyl groups is 1. The van der Waals surface area contributed by atoms with Crippen LogP contribution in [0.5, 0.6) is 17.2 Å². The van der Waals surface area contributed by atoms with Gasteiger partial charge in [0.15, 0.2) is 11.5 Å². The molecule has 1 heterocycles. The minimum atomic E-state index is -4.36. The molecule has 3 aromatic rings. The Morgan fingerprint density at radius 2 is 1.73 bits per heavy atom. The smallest absolute Gasteiger partial charge is 0.264 e. The predicted molar refractivity (Wildman–Crippen MR) is 147 cm³/mol. The third-order valence-corrected chi connectivity index (χ3v) is 8.95. The van der Waals surface area contributed by atoms with Crippen molar-refractivity contribution in [3.8, 4) is 17.2 Å². The number of carbonyl (C=O) groups is 1. The van der Waals surface area contributed by atoms with Crippen molar-refractivity contribution in [2.45, 2.75) is 57.9 Å². The lowest BCUT2D eigenvalue weighted by Gasteiger charge is -2.33. The third kappa shape index (κ3) is 6.07. The molecule has 0 unspecified atom stereocenters. The molecule has 0 radical (unpaired) electrons. The number of aryl methyl sites for hydroxylation is 1. The fourth-order valence-corrected chi connectivity index (χ4v) is 6.85. The molecule has 0 bridgehead atoms. The Morgan fingerprint density at radius 3 is 2.40 bits per heavy atom. The lowest BCUT2D eigenvalue weighted by Crippen LogP contribution is -2.54. The van der Waals surface area contributed by atoms with E-state index in [-0.39, 0.29) is 24.8 Å². The summed E-state index contributed by atoms with van der Waals surface area (Å²) >= 11 is 0. The second kappa shape index (κ2) is 12.3. The highest BCUT2D eigenvalue weighted by molar-refractivity contribution is 7.89. The first-order chi connectivity index (χ1) is 19.0. The molecule has 2 atom stereocenters. The maximum absolute atomic E-state index is 14.4. The summed E-state index contributed by atoms with van der Waals surface area (Å²) in [7, 11) is -2.84. The molecule has 2 N–H and O–H groups in total. The van der Waals surface area contributed by atoms with Crippen molar-refractivity contribution < 1.29 is 37.4 Å². The van der Waals surface area contributed by atoms with Crippen molar-refractivity contribution in [1.29, 1.82) is 0 Å². The maximum atomic E-state index is 14.4. The highest BCUT2D eigenvalue weighted by Crippen LogP contribution is 2.36. The van der Waals surface area contributed by atoms with Gasteiger partial charge in [-0.2, -0.15) is 4.31 Å². The van der Waals surface area contributed by atoms with Crippen LogP contribution in [0.3, 0.4) is 0 Å². The number of nitrogens with zero attached hydrogens (tertiary/aromatic N) is 1. The van der Waals surface area contributed by atoms with Crippen molar-refractivity contribution in [2.24, 2.45) is 0 Å². The first-order valence-corrected chi connectivity index (χ1v) is 14.2. The Morgan fingerprint density at radius 1 is 1.02 bits per heavy atom. The van der Waals surface area contributed by atoms with Crippen LogP contribution in [0.1, 0.15) is 34.7 Å². The van der Waals surface area contributed by atoms with Gasteiger partial charge in [0.25, 0.3) is 5.91 Å². The second-order valence-electron chi connectivity index (χ2n) is 9.64. The number of hydrogen-bond donors (Lipinski definition) is 2. The largest absolute Gasteiger partial charge is 0.496 e. The zero-order valence-electron chi connectivity index (χ0n) is 23.1. The van der Waals surface area contributed by atoms with Gasteiger partial charge in [0, 0.05) is 6.54 Å². The van der Waals surface area contributed by atoms with Gasteiger partial charge in [-0.1, -0.05) is 36.4 Å². The van der Waals surface area contributed by atoms with Crippen molar-refractivity contribution in [1.82, 2.24) is 9.79 Å². The number of methoxy groups -OCH3 is 1. The van der Waals surface area contributed by atoms with E-state index in [0.717, 1.165) is 9.87 Å². The van der Waals surface area contributed by atoms with Gasteiger partial charge in [0.05, 0.1) is 24.7 Å². The first-order valence-electron chi connectivity index (χ1n) is 12.7. The number of rotatable bonds is 11. The molecule has 0 spiro atoms. The van der Waals surface area contributed by atoms with Crippen molar-refractivity contribution in [3.05, 3.63) is 82.4 Å². The molecular weight excluding hydrogens is 536 g/mol. The van der Waals surface area contributed by atoms with Crippen molar-refractivity contribution in [3.63, 3.8) is 0 Å². The monoisotopic (exact) mass is 570 g/mol. The minimum Gasteiger partial charge on any atom is -0.496 e. The number of aliphatic hydroxyl groups excluding tert-OH is 1. The molecule has 1 aliphatic heterocycles. The van der Waals surface area contributed by atoms with Gasteiger partial charge < -0.3 is 19.3 Å². The van der Waals surface area contributed by atoms with E-state index in [1.54, 1.807) is 45.0 Å². The molecule has 0 aromatic heterocycles. The zero-order chi connectivity index (χ0) is 29.0. The van der Waals surface area contributed by atoms with Crippen LogP contribution in [0, 0.1) is 20.8 Å². The number of hydrogen-bond acceptors (Lipinski definition) is 8. The van der Waals surface area contributed by atoms with Crippen LogP contribution in [0.15, 0.2) is 59.5 Å². The quantitative estimate of drug-likeness (QED) is 0.336. The fraction of sp³-hybridized carbons (Fsp3) is 0.345. The van der Waals surface area contributed by atoms with E-state index >= 15 is 0 Å². The molecule has 40 heavy (non-hydrogen) atoms. The zero-order valence-corrected chi connectivity index (χ0v) is 23.9. The molecule has 11 heteroatoms. The van der Waals surface area contributed by atoms with E-state index in [4.69, 9.17) is 19.0 Å². The summed E-state index contributed by atoms with van der Waals surface area (Å²) in [5.74, 6) is 0.743. The molecule has 4 rings (SSSR count). The molecule has 10 nitrogen and oxygen atoms in total. The van der Waals surface area contributed by atoms with Crippen LogP contribution in [-0.4, -0.2) is 49.8 Å². The molecule has 3 aromatic carbocycles. The highest BCUT2D eigenvalue weighted by Gasteiger charge is 2.41. The standard InChI is InChI=1S/C29H34N2O8S/c1-18-13-25(36-5)19(2)20(3)28(18)40(34,35)31(15-23-11-12-24-26(14-23)38-17-37-24)27(21(4)32)29(33)30-39-16-22-9-7-6-8-10-22/h6-14,21,27,32H,15-17H2,1-5H3,(H,30,33)/t21-,27+/m0/s1. The Balaban J connectivity index is 1.74.